The highest BCUT2D eigenvalue weighted by atomic mass is 35.5. The van der Waals surface area contributed by atoms with Gasteiger partial charge >= 0.3 is 0 Å². The van der Waals surface area contributed by atoms with Crippen LogP contribution in [0.25, 0.3) is 0 Å². The molecule has 3 rings (SSSR count). The summed E-state index contributed by atoms with van der Waals surface area (Å²) in [7, 11) is 1.74. The van der Waals surface area contributed by atoms with Gasteiger partial charge in [-0.1, -0.05) is 0 Å². The normalized spacial score (nSPS) is 22.8. The van der Waals surface area contributed by atoms with Gasteiger partial charge in [-0.3, -0.25) is 0 Å². The molecule has 0 radical (unpaired) electrons. The van der Waals surface area contributed by atoms with Crippen molar-refractivity contribution in [1.82, 2.24) is 15.0 Å². The van der Waals surface area contributed by atoms with E-state index in [2.05, 4.69) is 24.8 Å². The lowest BCUT2D eigenvalue weighted by Gasteiger charge is -2.20. The lowest BCUT2D eigenvalue weighted by atomic mass is 10.1. The monoisotopic (exact) mass is 297 g/mol. The van der Waals surface area contributed by atoms with Crippen LogP contribution in [-0.4, -0.2) is 54.8 Å². The summed E-state index contributed by atoms with van der Waals surface area (Å²) in [5.41, 5.74) is 0. The first-order chi connectivity index (χ1) is 9.76. The lowest BCUT2D eigenvalue weighted by Crippen LogP contribution is -2.26. The highest BCUT2D eigenvalue weighted by Crippen LogP contribution is 2.24. The van der Waals surface area contributed by atoms with E-state index in [1.165, 1.54) is 12.8 Å². The first-order valence-corrected chi connectivity index (χ1v) is 7.54. The molecule has 6 nitrogen and oxygen atoms in total. The van der Waals surface area contributed by atoms with Gasteiger partial charge in [0.05, 0.1) is 6.61 Å². The van der Waals surface area contributed by atoms with Gasteiger partial charge in [0.25, 0.3) is 0 Å². The molecule has 7 heteroatoms. The Balaban J connectivity index is 1.76. The maximum Gasteiger partial charge on any atom is 0.231 e. The molecule has 0 amide bonds. The molecular weight excluding hydrogens is 278 g/mol. The fourth-order valence-corrected chi connectivity index (χ4v) is 3.07. The van der Waals surface area contributed by atoms with Gasteiger partial charge in [-0.15, -0.1) is 0 Å². The van der Waals surface area contributed by atoms with Gasteiger partial charge in [0.15, 0.2) is 0 Å². The van der Waals surface area contributed by atoms with Crippen LogP contribution in [0.4, 0.5) is 11.9 Å². The van der Waals surface area contributed by atoms with Crippen LogP contribution in [0.5, 0.6) is 0 Å². The van der Waals surface area contributed by atoms with Crippen LogP contribution < -0.4 is 9.80 Å². The van der Waals surface area contributed by atoms with Crippen molar-refractivity contribution in [2.45, 2.75) is 19.3 Å². The summed E-state index contributed by atoms with van der Waals surface area (Å²) in [6, 6.07) is 0. The Hall–Kier alpha value is -1.14. The van der Waals surface area contributed by atoms with Crippen molar-refractivity contribution in [1.29, 1.82) is 0 Å². The molecule has 0 saturated carbocycles. The Kier molecular flexibility index (Phi) is 4.21. The number of halogens is 1. The zero-order chi connectivity index (χ0) is 13.9. The van der Waals surface area contributed by atoms with E-state index in [0.29, 0.717) is 17.8 Å². The molecule has 20 heavy (non-hydrogen) atoms. The number of ether oxygens (including phenoxy) is 1. The molecule has 0 N–H and O–H groups in total. The maximum absolute atomic E-state index is 6.06. The molecule has 1 atom stereocenters. The molecule has 3 heterocycles. The minimum atomic E-state index is 0.284. The lowest BCUT2D eigenvalue weighted by molar-refractivity contribution is 0.161. The number of hydrogen-bond acceptors (Lipinski definition) is 6. The molecule has 2 saturated heterocycles. The van der Waals surface area contributed by atoms with Crippen molar-refractivity contribution in [3.05, 3.63) is 5.28 Å². The van der Waals surface area contributed by atoms with E-state index in [1.54, 1.807) is 7.11 Å². The quantitative estimate of drug-likeness (QED) is 0.841. The van der Waals surface area contributed by atoms with Crippen molar-refractivity contribution in [3.63, 3.8) is 0 Å². The van der Waals surface area contributed by atoms with E-state index in [-0.39, 0.29) is 5.28 Å². The predicted octanol–water partition coefficient (Wildman–Crippen LogP) is 1.60. The summed E-state index contributed by atoms with van der Waals surface area (Å²) < 4.78 is 5.22. The van der Waals surface area contributed by atoms with Crippen LogP contribution >= 0.6 is 11.6 Å². The van der Waals surface area contributed by atoms with Crippen molar-refractivity contribution in [2.24, 2.45) is 5.92 Å². The van der Waals surface area contributed by atoms with Crippen molar-refractivity contribution in [3.8, 4) is 0 Å². The summed E-state index contributed by atoms with van der Waals surface area (Å²) in [6.07, 6.45) is 3.49. The third-order valence-electron chi connectivity index (χ3n) is 3.94. The van der Waals surface area contributed by atoms with Gasteiger partial charge in [0.1, 0.15) is 0 Å². The number of rotatable bonds is 4. The van der Waals surface area contributed by atoms with E-state index in [4.69, 9.17) is 16.3 Å². The second-order valence-corrected chi connectivity index (χ2v) is 5.79. The Bertz CT molecular complexity index is 466. The van der Waals surface area contributed by atoms with E-state index in [0.717, 1.165) is 39.2 Å². The Morgan fingerprint density at radius 1 is 1.10 bits per heavy atom. The molecule has 0 aliphatic carbocycles. The summed E-state index contributed by atoms with van der Waals surface area (Å²) in [5, 5.41) is 0.284. The molecule has 1 aromatic heterocycles. The van der Waals surface area contributed by atoms with Crippen LogP contribution in [0.3, 0.4) is 0 Å². The summed E-state index contributed by atoms with van der Waals surface area (Å²) in [6.45, 7) is 4.67. The number of methoxy groups -OCH3 is 1. The van der Waals surface area contributed by atoms with E-state index < -0.39 is 0 Å². The van der Waals surface area contributed by atoms with Gasteiger partial charge < -0.3 is 14.5 Å². The minimum absolute atomic E-state index is 0.284. The number of nitrogens with zero attached hydrogens (tertiary/aromatic N) is 5. The molecular formula is C13H20ClN5O. The predicted molar refractivity (Wildman–Crippen MR) is 78.5 cm³/mol. The second kappa shape index (κ2) is 6.10. The molecule has 1 unspecified atom stereocenters. The third-order valence-corrected chi connectivity index (χ3v) is 4.11. The molecule has 0 bridgehead atoms. The molecule has 2 aliphatic rings. The summed E-state index contributed by atoms with van der Waals surface area (Å²) in [4.78, 5) is 17.5. The van der Waals surface area contributed by atoms with Crippen LogP contribution in [0.15, 0.2) is 0 Å². The highest BCUT2D eigenvalue weighted by molar-refractivity contribution is 6.28. The standard InChI is InChI=1S/C13H20ClN5O/c1-20-9-10-4-7-19(8-10)13-16-11(14)15-12(17-13)18-5-2-3-6-18/h10H,2-9H2,1H3. The Morgan fingerprint density at radius 2 is 1.80 bits per heavy atom. The first-order valence-electron chi connectivity index (χ1n) is 7.16. The van der Waals surface area contributed by atoms with Gasteiger partial charge in [-0.2, -0.15) is 15.0 Å². The smallest absolute Gasteiger partial charge is 0.231 e. The SMILES string of the molecule is COCC1CCN(c2nc(Cl)nc(N3CCCC3)n2)C1. The zero-order valence-electron chi connectivity index (χ0n) is 11.8. The topological polar surface area (TPSA) is 54.4 Å². The average molecular weight is 298 g/mol. The molecule has 110 valence electrons. The van der Waals surface area contributed by atoms with Gasteiger partial charge in [0, 0.05) is 39.2 Å². The third kappa shape index (κ3) is 2.96. The van der Waals surface area contributed by atoms with Crippen molar-refractivity contribution < 1.29 is 4.74 Å². The maximum atomic E-state index is 6.06. The number of aromatic nitrogens is 3. The molecule has 2 fully saturated rings. The van der Waals surface area contributed by atoms with Gasteiger partial charge in [-0.05, 0) is 30.9 Å². The largest absolute Gasteiger partial charge is 0.384 e. The molecule has 2 aliphatic heterocycles. The fraction of sp³-hybridized carbons (Fsp3) is 0.769. The van der Waals surface area contributed by atoms with Crippen LogP contribution in [0.2, 0.25) is 5.28 Å². The van der Waals surface area contributed by atoms with Crippen LogP contribution in [0, 0.1) is 5.92 Å². The number of anilines is 2. The van der Waals surface area contributed by atoms with Gasteiger partial charge in [0.2, 0.25) is 17.2 Å². The number of hydrogen-bond donors (Lipinski definition) is 0. The summed E-state index contributed by atoms with van der Waals surface area (Å²) in [5.74, 6) is 1.96. The molecule has 0 aromatic carbocycles. The second-order valence-electron chi connectivity index (χ2n) is 5.45. The Morgan fingerprint density at radius 3 is 2.50 bits per heavy atom. The highest BCUT2D eigenvalue weighted by Gasteiger charge is 2.26. The van der Waals surface area contributed by atoms with E-state index in [1.807, 2.05) is 0 Å². The van der Waals surface area contributed by atoms with E-state index >= 15 is 0 Å². The molecule has 0 spiro atoms. The minimum Gasteiger partial charge on any atom is -0.384 e. The zero-order valence-corrected chi connectivity index (χ0v) is 12.5. The molecule has 1 aromatic rings. The van der Waals surface area contributed by atoms with Crippen LogP contribution in [0.1, 0.15) is 19.3 Å². The Labute approximate surface area is 124 Å². The van der Waals surface area contributed by atoms with Crippen LogP contribution in [-0.2, 0) is 4.74 Å². The van der Waals surface area contributed by atoms with Crippen molar-refractivity contribution >= 4 is 23.5 Å². The van der Waals surface area contributed by atoms with E-state index in [9.17, 15) is 0 Å². The summed E-state index contributed by atoms with van der Waals surface area (Å²) >= 11 is 6.06. The fourth-order valence-electron chi connectivity index (χ4n) is 2.92. The first kappa shape index (κ1) is 13.8. The van der Waals surface area contributed by atoms with Gasteiger partial charge in [-0.25, -0.2) is 0 Å². The van der Waals surface area contributed by atoms with Crippen molar-refractivity contribution in [2.75, 3.05) is 49.7 Å². The average Bonchev–Trinajstić information content (AvgIpc) is 3.09.